The highest BCUT2D eigenvalue weighted by molar-refractivity contribution is 6.05. The molecule has 1 amide bonds. The van der Waals surface area contributed by atoms with Crippen LogP contribution in [0.1, 0.15) is 28.5 Å². The molecular weight excluding hydrogens is 374 g/mol. The molecule has 2 aromatic carbocycles. The molecule has 1 heterocycles. The fourth-order valence-electron chi connectivity index (χ4n) is 3.03. The molecule has 0 saturated carbocycles. The Hall–Kier alpha value is -3.68. The van der Waals surface area contributed by atoms with Crippen molar-refractivity contribution < 1.29 is 19.1 Å². The maximum Gasteiger partial charge on any atom is 0.307 e. The van der Waals surface area contributed by atoms with Gasteiger partial charge in [0.05, 0.1) is 32.1 Å². The normalized spacial score (nSPS) is 11.7. The van der Waals surface area contributed by atoms with Crippen molar-refractivity contribution in [2.75, 3.05) is 14.2 Å². The number of benzene rings is 2. The molecule has 1 N–H and O–H groups in total. The summed E-state index contributed by atoms with van der Waals surface area (Å²) in [4.78, 5) is 37.2. The van der Waals surface area contributed by atoms with E-state index in [0.29, 0.717) is 22.1 Å². The second kappa shape index (κ2) is 8.55. The van der Waals surface area contributed by atoms with Crippen LogP contribution in [0.5, 0.6) is 5.75 Å². The predicted octanol–water partition coefficient (Wildman–Crippen LogP) is 1.98. The van der Waals surface area contributed by atoms with Gasteiger partial charge in [-0.15, -0.1) is 0 Å². The third-order valence-corrected chi connectivity index (χ3v) is 4.59. The molecule has 3 aromatic rings. The van der Waals surface area contributed by atoms with Crippen LogP contribution in [0.15, 0.2) is 53.3 Å². The number of carbonyl (C=O) groups is 2. The van der Waals surface area contributed by atoms with E-state index < -0.39 is 17.9 Å². The lowest BCUT2D eigenvalue weighted by molar-refractivity contribution is -0.141. The van der Waals surface area contributed by atoms with Gasteiger partial charge < -0.3 is 14.8 Å². The quantitative estimate of drug-likeness (QED) is 0.641. The van der Waals surface area contributed by atoms with Gasteiger partial charge in [-0.1, -0.05) is 30.3 Å². The third-order valence-electron chi connectivity index (χ3n) is 4.59. The first-order valence-electron chi connectivity index (χ1n) is 8.92. The van der Waals surface area contributed by atoms with Gasteiger partial charge in [-0.2, -0.15) is 5.10 Å². The number of rotatable bonds is 6. The fourth-order valence-corrected chi connectivity index (χ4v) is 3.03. The Morgan fingerprint density at radius 3 is 2.34 bits per heavy atom. The van der Waals surface area contributed by atoms with Gasteiger partial charge in [0.2, 0.25) is 0 Å². The molecule has 0 saturated heterocycles. The molecule has 0 radical (unpaired) electrons. The van der Waals surface area contributed by atoms with Gasteiger partial charge in [0.25, 0.3) is 11.5 Å². The van der Waals surface area contributed by atoms with Gasteiger partial charge >= 0.3 is 5.97 Å². The van der Waals surface area contributed by atoms with Crippen LogP contribution in [0.25, 0.3) is 10.8 Å². The number of fused-ring (bicyclic) bond motifs is 1. The van der Waals surface area contributed by atoms with Crippen LogP contribution >= 0.6 is 0 Å². The summed E-state index contributed by atoms with van der Waals surface area (Å²) in [6, 6.07) is 13.1. The standard InChI is InChI=1S/C21H21N3O5/c1-24-21(27)16-7-5-4-6-15(16)19(23-24)20(26)22-17(12-18(25)29-3)13-8-10-14(28-2)11-9-13/h4-11,17H,12H2,1-3H3,(H,22,26)/t17-/m1/s1. The second-order valence-electron chi connectivity index (χ2n) is 6.40. The largest absolute Gasteiger partial charge is 0.497 e. The smallest absolute Gasteiger partial charge is 0.307 e. The molecule has 8 nitrogen and oxygen atoms in total. The van der Waals surface area contributed by atoms with E-state index in [4.69, 9.17) is 9.47 Å². The molecule has 0 spiro atoms. The Labute approximate surface area is 167 Å². The summed E-state index contributed by atoms with van der Waals surface area (Å²) in [5, 5.41) is 7.80. The molecule has 29 heavy (non-hydrogen) atoms. The summed E-state index contributed by atoms with van der Waals surface area (Å²) < 4.78 is 11.0. The van der Waals surface area contributed by atoms with Crippen molar-refractivity contribution in [1.29, 1.82) is 0 Å². The van der Waals surface area contributed by atoms with Crippen molar-refractivity contribution >= 4 is 22.6 Å². The first-order chi connectivity index (χ1) is 13.9. The molecule has 0 unspecified atom stereocenters. The average molecular weight is 395 g/mol. The topological polar surface area (TPSA) is 99.5 Å². The van der Waals surface area contributed by atoms with E-state index in [0.717, 1.165) is 4.68 Å². The molecule has 0 aliphatic heterocycles. The zero-order valence-electron chi connectivity index (χ0n) is 16.3. The summed E-state index contributed by atoms with van der Waals surface area (Å²) in [5.41, 5.74) is 0.517. The summed E-state index contributed by atoms with van der Waals surface area (Å²) in [6.45, 7) is 0. The number of esters is 1. The molecule has 3 rings (SSSR count). The molecule has 0 aliphatic rings. The number of hydrogen-bond donors (Lipinski definition) is 1. The SMILES string of the molecule is COC(=O)C[C@@H](NC(=O)c1nn(C)c(=O)c2ccccc12)c1ccc(OC)cc1. The Morgan fingerprint density at radius 1 is 1.07 bits per heavy atom. The van der Waals surface area contributed by atoms with Gasteiger partial charge in [0, 0.05) is 12.4 Å². The number of ether oxygens (including phenoxy) is 2. The fraction of sp³-hybridized carbons (Fsp3) is 0.238. The minimum Gasteiger partial charge on any atom is -0.497 e. The Morgan fingerprint density at radius 2 is 1.72 bits per heavy atom. The van der Waals surface area contributed by atoms with E-state index in [2.05, 4.69) is 10.4 Å². The van der Waals surface area contributed by atoms with Crippen LogP contribution in [0, 0.1) is 0 Å². The van der Waals surface area contributed by atoms with Crippen LogP contribution in [0.3, 0.4) is 0 Å². The molecule has 0 fully saturated rings. The van der Waals surface area contributed by atoms with Crippen molar-refractivity contribution in [2.24, 2.45) is 7.05 Å². The summed E-state index contributed by atoms with van der Waals surface area (Å²) >= 11 is 0. The molecule has 1 atom stereocenters. The predicted molar refractivity (Wildman–Crippen MR) is 107 cm³/mol. The number of aromatic nitrogens is 2. The monoisotopic (exact) mass is 395 g/mol. The average Bonchev–Trinajstić information content (AvgIpc) is 2.75. The number of carbonyl (C=O) groups excluding carboxylic acids is 2. The number of methoxy groups -OCH3 is 2. The van der Waals surface area contributed by atoms with Crippen LogP contribution in [-0.4, -0.2) is 35.9 Å². The molecule has 150 valence electrons. The number of nitrogens with zero attached hydrogens (tertiary/aromatic N) is 2. The summed E-state index contributed by atoms with van der Waals surface area (Å²) in [6.07, 6.45) is -0.0573. The molecule has 1 aromatic heterocycles. The first kappa shape index (κ1) is 20.1. The Kier molecular flexibility index (Phi) is 5.92. The van der Waals surface area contributed by atoms with E-state index >= 15 is 0 Å². The van der Waals surface area contributed by atoms with Crippen LogP contribution in [0.4, 0.5) is 0 Å². The van der Waals surface area contributed by atoms with Crippen molar-refractivity contribution in [3.05, 3.63) is 70.1 Å². The first-order valence-corrected chi connectivity index (χ1v) is 8.92. The van der Waals surface area contributed by atoms with Crippen LogP contribution in [-0.2, 0) is 16.6 Å². The minimum absolute atomic E-state index is 0.0573. The maximum absolute atomic E-state index is 13.0. The summed E-state index contributed by atoms with van der Waals surface area (Å²) in [7, 11) is 4.33. The summed E-state index contributed by atoms with van der Waals surface area (Å²) in [5.74, 6) is -0.312. The van der Waals surface area contributed by atoms with Crippen molar-refractivity contribution in [3.8, 4) is 5.75 Å². The highest BCUT2D eigenvalue weighted by Gasteiger charge is 2.23. The second-order valence-corrected chi connectivity index (χ2v) is 6.40. The zero-order chi connectivity index (χ0) is 21.0. The van der Waals surface area contributed by atoms with E-state index in [1.54, 1.807) is 55.6 Å². The van der Waals surface area contributed by atoms with E-state index in [1.165, 1.54) is 14.2 Å². The van der Waals surface area contributed by atoms with Gasteiger partial charge in [0.15, 0.2) is 5.69 Å². The van der Waals surface area contributed by atoms with Crippen molar-refractivity contribution in [2.45, 2.75) is 12.5 Å². The Balaban J connectivity index is 1.98. The van der Waals surface area contributed by atoms with Gasteiger partial charge in [-0.3, -0.25) is 14.4 Å². The highest BCUT2D eigenvalue weighted by atomic mass is 16.5. The van der Waals surface area contributed by atoms with E-state index in [-0.39, 0.29) is 17.7 Å². The third kappa shape index (κ3) is 4.26. The van der Waals surface area contributed by atoms with Crippen molar-refractivity contribution in [3.63, 3.8) is 0 Å². The lowest BCUT2D eigenvalue weighted by atomic mass is 10.0. The van der Waals surface area contributed by atoms with Crippen LogP contribution < -0.4 is 15.6 Å². The molecule has 0 aliphatic carbocycles. The molecule has 0 bridgehead atoms. The van der Waals surface area contributed by atoms with Gasteiger partial charge in [0.1, 0.15) is 5.75 Å². The maximum atomic E-state index is 13.0. The molecular formula is C21H21N3O5. The van der Waals surface area contributed by atoms with Crippen molar-refractivity contribution in [1.82, 2.24) is 15.1 Å². The highest BCUT2D eigenvalue weighted by Crippen LogP contribution is 2.22. The van der Waals surface area contributed by atoms with E-state index in [9.17, 15) is 14.4 Å². The zero-order valence-corrected chi connectivity index (χ0v) is 16.3. The van der Waals surface area contributed by atoms with E-state index in [1.807, 2.05) is 0 Å². The number of amides is 1. The Bertz CT molecular complexity index is 1110. The van der Waals surface area contributed by atoms with Crippen LogP contribution in [0.2, 0.25) is 0 Å². The lowest BCUT2D eigenvalue weighted by Gasteiger charge is -2.19. The van der Waals surface area contributed by atoms with Gasteiger partial charge in [-0.05, 0) is 23.8 Å². The lowest BCUT2D eigenvalue weighted by Crippen LogP contribution is -2.33. The van der Waals surface area contributed by atoms with Gasteiger partial charge in [-0.25, -0.2) is 4.68 Å². The number of aryl methyl sites for hydroxylation is 1. The number of nitrogens with one attached hydrogen (secondary N) is 1. The number of hydrogen-bond acceptors (Lipinski definition) is 6. The molecule has 8 heteroatoms. The minimum atomic E-state index is -0.640.